The summed E-state index contributed by atoms with van der Waals surface area (Å²) in [6, 6.07) is 9.03. The predicted octanol–water partition coefficient (Wildman–Crippen LogP) is 1.89. The number of ether oxygens (including phenoxy) is 1. The minimum atomic E-state index is 0.0957. The Morgan fingerprint density at radius 2 is 1.95 bits per heavy atom. The molecule has 2 atom stereocenters. The molecule has 2 rings (SSSR count). The molecule has 0 unspecified atom stereocenters. The summed E-state index contributed by atoms with van der Waals surface area (Å²) >= 11 is 0. The molecule has 1 aromatic rings. The minimum Gasteiger partial charge on any atom is -0.372 e. The van der Waals surface area contributed by atoms with Gasteiger partial charge in [-0.15, -0.1) is 0 Å². The van der Waals surface area contributed by atoms with E-state index < -0.39 is 0 Å². The van der Waals surface area contributed by atoms with Gasteiger partial charge in [-0.2, -0.15) is 0 Å². The number of carbonyl (C=O) groups excluding carboxylic acids is 1. The monoisotopic (exact) mass is 290 g/mol. The Kier molecular flexibility index (Phi) is 5.37. The van der Waals surface area contributed by atoms with Crippen molar-refractivity contribution in [3.63, 3.8) is 0 Å². The van der Waals surface area contributed by atoms with Crippen LogP contribution in [0.15, 0.2) is 24.3 Å². The van der Waals surface area contributed by atoms with Crippen LogP contribution >= 0.6 is 0 Å². The van der Waals surface area contributed by atoms with Crippen molar-refractivity contribution >= 4 is 5.91 Å². The highest BCUT2D eigenvalue weighted by atomic mass is 16.5. The molecule has 0 aliphatic carbocycles. The number of rotatable bonds is 5. The molecule has 4 nitrogen and oxygen atoms in total. The highest BCUT2D eigenvalue weighted by Gasteiger charge is 2.37. The standard InChI is InChI=1S/C17H26N2O2/c1-5-21-12-17(20)19-10-15(16(11-19)18(3)4)14-8-6-13(2)7-9-14/h6-9,15-16H,5,10-12H2,1-4H3/t15-,16+/m0/s1. The Balaban J connectivity index is 2.12. The summed E-state index contributed by atoms with van der Waals surface area (Å²) < 4.78 is 5.26. The highest BCUT2D eigenvalue weighted by Crippen LogP contribution is 2.30. The van der Waals surface area contributed by atoms with E-state index in [0.717, 1.165) is 13.1 Å². The van der Waals surface area contributed by atoms with E-state index in [1.807, 2.05) is 11.8 Å². The van der Waals surface area contributed by atoms with E-state index in [4.69, 9.17) is 4.74 Å². The summed E-state index contributed by atoms with van der Waals surface area (Å²) in [4.78, 5) is 16.3. The molecule has 1 aromatic carbocycles. The first-order valence-corrected chi connectivity index (χ1v) is 7.61. The highest BCUT2D eigenvalue weighted by molar-refractivity contribution is 5.78. The SMILES string of the molecule is CCOCC(=O)N1C[C@@H](N(C)C)[C@H](c2ccc(C)cc2)C1. The summed E-state index contributed by atoms with van der Waals surface area (Å²) in [7, 11) is 4.17. The summed E-state index contributed by atoms with van der Waals surface area (Å²) in [6.45, 7) is 6.33. The molecular weight excluding hydrogens is 264 g/mol. The van der Waals surface area contributed by atoms with Crippen molar-refractivity contribution in [3.05, 3.63) is 35.4 Å². The van der Waals surface area contributed by atoms with Crippen LogP contribution in [0.2, 0.25) is 0 Å². The lowest BCUT2D eigenvalue weighted by Gasteiger charge is -2.25. The van der Waals surface area contributed by atoms with Gasteiger partial charge in [-0.3, -0.25) is 4.79 Å². The van der Waals surface area contributed by atoms with Crippen LogP contribution in [0.3, 0.4) is 0 Å². The van der Waals surface area contributed by atoms with Crippen LogP contribution < -0.4 is 0 Å². The van der Waals surface area contributed by atoms with Crippen LogP contribution in [0.1, 0.15) is 24.0 Å². The normalized spacial score (nSPS) is 22.0. The topological polar surface area (TPSA) is 32.8 Å². The van der Waals surface area contributed by atoms with Crippen molar-refractivity contribution in [1.29, 1.82) is 0 Å². The van der Waals surface area contributed by atoms with Gasteiger partial charge in [-0.1, -0.05) is 29.8 Å². The maximum atomic E-state index is 12.2. The Morgan fingerprint density at radius 1 is 1.29 bits per heavy atom. The van der Waals surface area contributed by atoms with Gasteiger partial charge in [-0.25, -0.2) is 0 Å². The average Bonchev–Trinajstić information content (AvgIpc) is 2.91. The van der Waals surface area contributed by atoms with E-state index in [2.05, 4.69) is 50.2 Å². The van der Waals surface area contributed by atoms with Crippen LogP contribution in [-0.2, 0) is 9.53 Å². The van der Waals surface area contributed by atoms with Gasteiger partial charge in [0.1, 0.15) is 6.61 Å². The first-order chi connectivity index (χ1) is 10.0. The number of carbonyl (C=O) groups is 1. The Bertz CT molecular complexity index is 470. The fourth-order valence-electron chi connectivity index (χ4n) is 2.94. The third-order valence-electron chi connectivity index (χ3n) is 4.24. The number of nitrogens with zero attached hydrogens (tertiary/aromatic N) is 2. The average molecular weight is 290 g/mol. The number of amides is 1. The minimum absolute atomic E-state index is 0.0957. The molecule has 0 aromatic heterocycles. The number of benzene rings is 1. The van der Waals surface area contributed by atoms with Gasteiger partial charge in [0.25, 0.3) is 0 Å². The Labute approximate surface area is 127 Å². The van der Waals surface area contributed by atoms with Gasteiger partial charge in [0.05, 0.1) is 0 Å². The Morgan fingerprint density at radius 3 is 2.52 bits per heavy atom. The number of hydrogen-bond acceptors (Lipinski definition) is 3. The van der Waals surface area contributed by atoms with Gasteiger partial charge in [-0.05, 0) is 33.5 Å². The van der Waals surface area contributed by atoms with Crippen molar-refractivity contribution in [2.24, 2.45) is 0 Å². The van der Waals surface area contributed by atoms with Crippen molar-refractivity contribution in [2.75, 3.05) is 40.4 Å². The molecule has 0 radical (unpaired) electrons. The van der Waals surface area contributed by atoms with Gasteiger partial charge in [0.2, 0.25) is 5.91 Å². The van der Waals surface area contributed by atoms with Crippen molar-refractivity contribution in [2.45, 2.75) is 25.8 Å². The van der Waals surface area contributed by atoms with Gasteiger partial charge in [0.15, 0.2) is 0 Å². The molecule has 4 heteroatoms. The second-order valence-corrected chi connectivity index (χ2v) is 5.98. The van der Waals surface area contributed by atoms with Crippen molar-refractivity contribution in [3.8, 4) is 0 Å². The smallest absolute Gasteiger partial charge is 0.248 e. The number of likely N-dealkylation sites (N-methyl/N-ethyl adjacent to an activating group) is 1. The number of likely N-dealkylation sites (tertiary alicyclic amines) is 1. The summed E-state index contributed by atoms with van der Waals surface area (Å²) in [5.41, 5.74) is 2.58. The third kappa shape index (κ3) is 3.83. The molecule has 116 valence electrons. The van der Waals surface area contributed by atoms with Crippen LogP contribution in [-0.4, -0.2) is 62.1 Å². The molecule has 1 fully saturated rings. The summed E-state index contributed by atoms with van der Waals surface area (Å²) in [5.74, 6) is 0.462. The molecule has 0 spiro atoms. The molecule has 1 heterocycles. The molecule has 1 aliphatic rings. The lowest BCUT2D eigenvalue weighted by molar-refractivity contribution is -0.135. The predicted molar refractivity (Wildman–Crippen MR) is 84.5 cm³/mol. The number of hydrogen-bond donors (Lipinski definition) is 0. The van der Waals surface area contributed by atoms with E-state index >= 15 is 0 Å². The first-order valence-electron chi connectivity index (χ1n) is 7.61. The quantitative estimate of drug-likeness (QED) is 0.830. The lowest BCUT2D eigenvalue weighted by atomic mass is 9.93. The third-order valence-corrected chi connectivity index (χ3v) is 4.24. The lowest BCUT2D eigenvalue weighted by Crippen LogP contribution is -2.37. The molecule has 0 saturated carbocycles. The largest absolute Gasteiger partial charge is 0.372 e. The van der Waals surface area contributed by atoms with Crippen LogP contribution in [0.4, 0.5) is 0 Å². The molecule has 1 aliphatic heterocycles. The zero-order chi connectivity index (χ0) is 15.4. The molecular formula is C17H26N2O2. The second kappa shape index (κ2) is 7.05. The van der Waals surface area contributed by atoms with E-state index in [9.17, 15) is 4.79 Å². The molecule has 1 amide bonds. The first kappa shape index (κ1) is 16.0. The summed E-state index contributed by atoms with van der Waals surface area (Å²) in [5, 5.41) is 0. The van der Waals surface area contributed by atoms with E-state index in [-0.39, 0.29) is 12.5 Å². The number of aryl methyl sites for hydroxylation is 1. The zero-order valence-electron chi connectivity index (χ0n) is 13.5. The van der Waals surface area contributed by atoms with Crippen LogP contribution in [0.25, 0.3) is 0 Å². The molecule has 0 N–H and O–H groups in total. The Hall–Kier alpha value is -1.39. The van der Waals surface area contributed by atoms with E-state index in [1.54, 1.807) is 0 Å². The van der Waals surface area contributed by atoms with E-state index in [1.165, 1.54) is 11.1 Å². The maximum Gasteiger partial charge on any atom is 0.248 e. The molecule has 21 heavy (non-hydrogen) atoms. The van der Waals surface area contributed by atoms with Gasteiger partial charge in [0, 0.05) is 31.7 Å². The fraction of sp³-hybridized carbons (Fsp3) is 0.588. The van der Waals surface area contributed by atoms with Crippen LogP contribution in [0, 0.1) is 6.92 Å². The molecule has 1 saturated heterocycles. The maximum absolute atomic E-state index is 12.2. The fourth-order valence-corrected chi connectivity index (χ4v) is 2.94. The van der Waals surface area contributed by atoms with Crippen molar-refractivity contribution in [1.82, 2.24) is 9.80 Å². The zero-order valence-corrected chi connectivity index (χ0v) is 13.5. The second-order valence-electron chi connectivity index (χ2n) is 5.98. The van der Waals surface area contributed by atoms with Gasteiger partial charge >= 0.3 is 0 Å². The summed E-state index contributed by atoms with van der Waals surface area (Å²) in [6.07, 6.45) is 0. The van der Waals surface area contributed by atoms with E-state index in [0.29, 0.717) is 18.6 Å². The van der Waals surface area contributed by atoms with Crippen molar-refractivity contribution < 1.29 is 9.53 Å². The van der Waals surface area contributed by atoms with Gasteiger partial charge < -0.3 is 14.5 Å². The van der Waals surface area contributed by atoms with Crippen LogP contribution in [0.5, 0.6) is 0 Å². The molecule has 0 bridgehead atoms.